The van der Waals surface area contributed by atoms with E-state index in [0.717, 1.165) is 15.6 Å². The Hall–Kier alpha value is -2.86. The van der Waals surface area contributed by atoms with Crippen molar-refractivity contribution in [2.45, 2.75) is 13.5 Å². The third-order valence-corrected chi connectivity index (χ3v) is 4.69. The number of carbonyl (C=O) groups is 2. The van der Waals surface area contributed by atoms with Crippen molar-refractivity contribution < 1.29 is 14.0 Å². The predicted molar refractivity (Wildman–Crippen MR) is 108 cm³/mol. The van der Waals surface area contributed by atoms with Gasteiger partial charge in [0, 0.05) is 29.3 Å². The van der Waals surface area contributed by atoms with Gasteiger partial charge in [-0.05, 0) is 54.4 Å². The Kier molecular flexibility index (Phi) is 5.76. The number of halogens is 1. The van der Waals surface area contributed by atoms with Crippen LogP contribution < -0.4 is 5.32 Å². The lowest BCUT2D eigenvalue weighted by molar-refractivity contribution is 0.0784. The van der Waals surface area contributed by atoms with Crippen LogP contribution >= 0.6 is 15.9 Å². The van der Waals surface area contributed by atoms with Crippen LogP contribution in [-0.2, 0) is 6.54 Å². The van der Waals surface area contributed by atoms with Gasteiger partial charge in [-0.15, -0.1) is 0 Å². The third kappa shape index (κ3) is 4.65. The molecule has 0 bridgehead atoms. The van der Waals surface area contributed by atoms with Gasteiger partial charge in [-0.3, -0.25) is 9.59 Å². The summed E-state index contributed by atoms with van der Waals surface area (Å²) in [6.07, 6.45) is 1.44. The molecule has 0 unspecified atom stereocenters. The molecule has 3 aromatic rings. The van der Waals surface area contributed by atoms with Gasteiger partial charge in [-0.25, -0.2) is 0 Å². The van der Waals surface area contributed by atoms with Crippen molar-refractivity contribution in [1.29, 1.82) is 0 Å². The number of furan rings is 1. The maximum absolute atomic E-state index is 12.8. The topological polar surface area (TPSA) is 62.6 Å². The van der Waals surface area contributed by atoms with Gasteiger partial charge in [-0.2, -0.15) is 0 Å². The van der Waals surface area contributed by atoms with Gasteiger partial charge < -0.3 is 14.6 Å². The minimum absolute atomic E-state index is 0.119. The summed E-state index contributed by atoms with van der Waals surface area (Å²) in [5.41, 5.74) is 2.99. The zero-order valence-corrected chi connectivity index (χ0v) is 16.6. The Morgan fingerprint density at radius 1 is 1.11 bits per heavy atom. The Morgan fingerprint density at radius 2 is 1.85 bits per heavy atom. The number of amides is 2. The molecule has 0 radical (unpaired) electrons. The Labute approximate surface area is 166 Å². The molecule has 2 aromatic carbocycles. The van der Waals surface area contributed by atoms with Crippen LogP contribution in [0.2, 0.25) is 0 Å². The molecule has 0 saturated carbocycles. The summed E-state index contributed by atoms with van der Waals surface area (Å²) in [7, 11) is 1.76. The largest absolute Gasteiger partial charge is 0.459 e. The fourth-order valence-corrected chi connectivity index (χ4v) is 2.90. The minimum Gasteiger partial charge on any atom is -0.459 e. The van der Waals surface area contributed by atoms with E-state index in [2.05, 4.69) is 21.2 Å². The van der Waals surface area contributed by atoms with Crippen LogP contribution in [0.5, 0.6) is 0 Å². The van der Waals surface area contributed by atoms with Crippen molar-refractivity contribution in [3.63, 3.8) is 0 Å². The Balaban J connectivity index is 1.74. The normalized spacial score (nSPS) is 10.5. The molecular formula is C21H19BrN2O3. The summed E-state index contributed by atoms with van der Waals surface area (Å²) in [6, 6.07) is 16.3. The van der Waals surface area contributed by atoms with Crippen molar-refractivity contribution in [3.8, 4) is 0 Å². The minimum atomic E-state index is -0.351. The number of nitrogens with one attached hydrogen (secondary N) is 1. The van der Waals surface area contributed by atoms with Crippen LogP contribution in [0.4, 0.5) is 5.69 Å². The van der Waals surface area contributed by atoms with Crippen molar-refractivity contribution >= 4 is 33.4 Å². The molecule has 6 heteroatoms. The molecule has 5 nitrogen and oxygen atoms in total. The van der Waals surface area contributed by atoms with Crippen molar-refractivity contribution in [3.05, 3.63) is 87.8 Å². The molecule has 0 aliphatic rings. The zero-order chi connectivity index (χ0) is 19.4. The zero-order valence-electron chi connectivity index (χ0n) is 15.0. The van der Waals surface area contributed by atoms with Crippen LogP contribution in [-0.4, -0.2) is 23.8 Å². The Bertz CT molecular complexity index is 950. The third-order valence-electron chi connectivity index (χ3n) is 4.16. The van der Waals surface area contributed by atoms with E-state index in [1.807, 2.05) is 37.3 Å². The van der Waals surface area contributed by atoms with Gasteiger partial charge in [0.1, 0.15) is 0 Å². The average Bonchev–Trinajstić information content (AvgIpc) is 3.19. The first-order valence-electron chi connectivity index (χ1n) is 8.39. The lowest BCUT2D eigenvalue weighted by Crippen LogP contribution is -2.26. The summed E-state index contributed by atoms with van der Waals surface area (Å²) in [5.74, 6) is -0.249. The second-order valence-corrected chi connectivity index (χ2v) is 7.16. The second-order valence-electron chi connectivity index (χ2n) is 6.25. The average molecular weight is 427 g/mol. The van der Waals surface area contributed by atoms with E-state index in [0.29, 0.717) is 17.8 Å². The number of aryl methyl sites for hydroxylation is 1. The number of carbonyl (C=O) groups excluding carboxylic acids is 2. The van der Waals surface area contributed by atoms with Gasteiger partial charge in [0.05, 0.1) is 6.26 Å². The molecule has 1 aromatic heterocycles. The maximum atomic E-state index is 12.8. The van der Waals surface area contributed by atoms with Gasteiger partial charge in [0.2, 0.25) is 0 Å². The first kappa shape index (κ1) is 18.9. The summed E-state index contributed by atoms with van der Waals surface area (Å²) >= 11 is 3.40. The van der Waals surface area contributed by atoms with E-state index >= 15 is 0 Å². The molecule has 2 amide bonds. The van der Waals surface area contributed by atoms with Gasteiger partial charge >= 0.3 is 0 Å². The maximum Gasteiger partial charge on any atom is 0.291 e. The molecule has 138 valence electrons. The van der Waals surface area contributed by atoms with Crippen LogP contribution in [0, 0.1) is 6.92 Å². The van der Waals surface area contributed by atoms with E-state index in [4.69, 9.17) is 4.42 Å². The molecule has 0 aliphatic carbocycles. The molecule has 27 heavy (non-hydrogen) atoms. The fraction of sp³-hybridized carbons (Fsp3) is 0.143. The highest BCUT2D eigenvalue weighted by atomic mass is 79.9. The van der Waals surface area contributed by atoms with E-state index in [-0.39, 0.29) is 17.6 Å². The number of benzene rings is 2. The second kappa shape index (κ2) is 8.22. The Morgan fingerprint density at radius 3 is 2.52 bits per heavy atom. The SMILES string of the molecule is Cc1ccc(C(=O)N(C)Cc2ccc(Br)cc2)cc1NC(=O)c1ccco1. The number of hydrogen-bond donors (Lipinski definition) is 1. The van der Waals surface area contributed by atoms with Gasteiger partial charge in [0.25, 0.3) is 11.8 Å². The van der Waals surface area contributed by atoms with Crippen LogP contribution in [0.25, 0.3) is 0 Å². The smallest absolute Gasteiger partial charge is 0.291 e. The molecule has 1 heterocycles. The van der Waals surface area contributed by atoms with E-state index in [1.165, 1.54) is 6.26 Å². The number of hydrogen-bond acceptors (Lipinski definition) is 3. The van der Waals surface area contributed by atoms with Gasteiger partial charge in [-0.1, -0.05) is 34.1 Å². The number of nitrogens with zero attached hydrogens (tertiary/aromatic N) is 1. The quantitative estimate of drug-likeness (QED) is 0.632. The summed E-state index contributed by atoms with van der Waals surface area (Å²) in [6.45, 7) is 2.37. The number of anilines is 1. The highest BCUT2D eigenvalue weighted by molar-refractivity contribution is 9.10. The molecule has 1 N–H and O–H groups in total. The highest BCUT2D eigenvalue weighted by Gasteiger charge is 2.16. The molecule has 0 fully saturated rings. The summed E-state index contributed by atoms with van der Waals surface area (Å²) < 4.78 is 6.10. The first-order chi connectivity index (χ1) is 12.9. The van der Waals surface area contributed by atoms with Gasteiger partial charge in [0.15, 0.2) is 5.76 Å². The van der Waals surface area contributed by atoms with E-state index in [1.54, 1.807) is 36.2 Å². The lowest BCUT2D eigenvalue weighted by Gasteiger charge is -2.18. The first-order valence-corrected chi connectivity index (χ1v) is 9.19. The lowest BCUT2D eigenvalue weighted by atomic mass is 10.1. The molecule has 0 aliphatic heterocycles. The summed E-state index contributed by atoms with van der Waals surface area (Å²) in [5, 5.41) is 2.79. The molecular weight excluding hydrogens is 408 g/mol. The molecule has 0 saturated heterocycles. The van der Waals surface area contributed by atoms with Crippen molar-refractivity contribution in [2.24, 2.45) is 0 Å². The van der Waals surface area contributed by atoms with Crippen LogP contribution in [0.3, 0.4) is 0 Å². The van der Waals surface area contributed by atoms with Crippen molar-refractivity contribution in [2.75, 3.05) is 12.4 Å². The van der Waals surface area contributed by atoms with Crippen LogP contribution in [0.1, 0.15) is 32.0 Å². The van der Waals surface area contributed by atoms with Crippen LogP contribution in [0.15, 0.2) is 69.8 Å². The highest BCUT2D eigenvalue weighted by Crippen LogP contribution is 2.20. The monoisotopic (exact) mass is 426 g/mol. The number of rotatable bonds is 5. The predicted octanol–water partition coefficient (Wildman–Crippen LogP) is 4.88. The fourth-order valence-electron chi connectivity index (χ4n) is 2.64. The molecule has 0 atom stereocenters. The van der Waals surface area contributed by atoms with Crippen molar-refractivity contribution in [1.82, 2.24) is 4.90 Å². The van der Waals surface area contributed by atoms with E-state index < -0.39 is 0 Å². The summed E-state index contributed by atoms with van der Waals surface area (Å²) in [4.78, 5) is 26.6. The van der Waals surface area contributed by atoms with E-state index in [9.17, 15) is 9.59 Å². The molecule has 3 rings (SSSR count). The standard InChI is InChI=1S/C21H19BrN2O3/c1-14-5-8-16(12-18(14)23-20(25)19-4-3-11-27-19)21(26)24(2)13-15-6-9-17(22)10-7-15/h3-12H,13H2,1-2H3,(H,23,25). The molecule has 0 spiro atoms.